The number of fused-ring (bicyclic) bond motifs is 1. The Morgan fingerprint density at radius 2 is 2.37 bits per heavy atom. The van der Waals surface area contributed by atoms with E-state index in [0.717, 1.165) is 35.3 Å². The molecule has 3 aromatic heterocycles. The molecule has 6 heteroatoms. The summed E-state index contributed by atoms with van der Waals surface area (Å²) in [5.74, 6) is 1.98. The summed E-state index contributed by atoms with van der Waals surface area (Å²) < 4.78 is 6.45. The summed E-state index contributed by atoms with van der Waals surface area (Å²) in [5, 5.41) is 9.32. The van der Waals surface area contributed by atoms with Crippen LogP contribution in [0.25, 0.3) is 21.6 Å². The smallest absolute Gasteiger partial charge is 0.227 e. The van der Waals surface area contributed by atoms with Crippen LogP contribution in [-0.4, -0.2) is 28.2 Å². The molecule has 1 aliphatic rings. The number of nitrogens with one attached hydrogen (secondary N) is 1. The molecule has 0 bridgehead atoms. The first kappa shape index (κ1) is 11.1. The zero-order valence-electron chi connectivity index (χ0n) is 10.2. The molecule has 1 fully saturated rings. The number of aromatic nitrogens is 3. The van der Waals surface area contributed by atoms with Crippen LogP contribution in [0.2, 0.25) is 0 Å². The monoisotopic (exact) mass is 272 g/mol. The molecule has 4 rings (SSSR count). The first-order valence-electron chi connectivity index (χ1n) is 6.25. The van der Waals surface area contributed by atoms with Crippen molar-refractivity contribution in [1.29, 1.82) is 0 Å². The fourth-order valence-corrected chi connectivity index (χ4v) is 2.94. The predicted molar refractivity (Wildman–Crippen MR) is 73.0 cm³/mol. The average molecular weight is 272 g/mol. The van der Waals surface area contributed by atoms with Gasteiger partial charge in [0.2, 0.25) is 11.7 Å². The van der Waals surface area contributed by atoms with Gasteiger partial charge in [-0.3, -0.25) is 4.98 Å². The largest absolute Gasteiger partial charge is 0.339 e. The standard InChI is InChI=1S/C13H12N4OS/c1-2-19-11-4-9(7-15-10(1)11)13-16-12(18-17-13)3-8-5-14-6-8/h1-2,4,7-8,14H,3,5-6H2. The van der Waals surface area contributed by atoms with E-state index < -0.39 is 0 Å². The van der Waals surface area contributed by atoms with Crippen molar-refractivity contribution in [3.8, 4) is 11.4 Å². The number of hydrogen-bond acceptors (Lipinski definition) is 6. The summed E-state index contributed by atoms with van der Waals surface area (Å²) >= 11 is 1.67. The van der Waals surface area contributed by atoms with E-state index in [1.165, 1.54) is 0 Å². The highest BCUT2D eigenvalue weighted by Crippen LogP contribution is 2.24. The van der Waals surface area contributed by atoms with Crippen molar-refractivity contribution in [2.75, 3.05) is 13.1 Å². The topological polar surface area (TPSA) is 63.8 Å². The molecular weight excluding hydrogens is 260 g/mol. The fourth-order valence-electron chi connectivity index (χ4n) is 2.16. The van der Waals surface area contributed by atoms with Gasteiger partial charge in [0.15, 0.2) is 0 Å². The highest BCUT2D eigenvalue weighted by molar-refractivity contribution is 7.17. The molecule has 19 heavy (non-hydrogen) atoms. The van der Waals surface area contributed by atoms with Crippen molar-refractivity contribution in [3.05, 3.63) is 29.6 Å². The van der Waals surface area contributed by atoms with Gasteiger partial charge in [-0.25, -0.2) is 0 Å². The van der Waals surface area contributed by atoms with E-state index in [-0.39, 0.29) is 0 Å². The lowest BCUT2D eigenvalue weighted by molar-refractivity contribution is 0.296. The Morgan fingerprint density at radius 1 is 1.42 bits per heavy atom. The van der Waals surface area contributed by atoms with Crippen LogP contribution in [0.5, 0.6) is 0 Å². The first-order valence-corrected chi connectivity index (χ1v) is 7.13. The SMILES string of the molecule is c1cc2ncc(-c3noc(CC4CNC4)n3)cc2s1. The molecule has 1 aliphatic heterocycles. The summed E-state index contributed by atoms with van der Waals surface area (Å²) in [6.45, 7) is 2.08. The molecule has 5 nitrogen and oxygen atoms in total. The van der Waals surface area contributed by atoms with E-state index in [1.54, 1.807) is 17.5 Å². The van der Waals surface area contributed by atoms with Crippen LogP contribution in [0.15, 0.2) is 28.2 Å². The van der Waals surface area contributed by atoms with Gasteiger partial charge in [-0.05, 0) is 36.5 Å². The van der Waals surface area contributed by atoms with Gasteiger partial charge in [-0.2, -0.15) is 4.98 Å². The van der Waals surface area contributed by atoms with E-state index in [1.807, 2.05) is 11.4 Å². The maximum atomic E-state index is 5.31. The van der Waals surface area contributed by atoms with Gasteiger partial charge in [0.05, 0.1) is 10.2 Å². The van der Waals surface area contributed by atoms with Crippen LogP contribution in [0, 0.1) is 5.92 Å². The maximum Gasteiger partial charge on any atom is 0.227 e. The second kappa shape index (κ2) is 4.40. The molecule has 0 aromatic carbocycles. The highest BCUT2D eigenvalue weighted by atomic mass is 32.1. The van der Waals surface area contributed by atoms with Crippen molar-refractivity contribution in [2.45, 2.75) is 6.42 Å². The third-order valence-electron chi connectivity index (χ3n) is 3.36. The Kier molecular flexibility index (Phi) is 2.56. The average Bonchev–Trinajstić information content (AvgIpc) is 3.02. The molecule has 4 heterocycles. The van der Waals surface area contributed by atoms with Crippen molar-refractivity contribution in [2.24, 2.45) is 5.92 Å². The number of rotatable bonds is 3. The van der Waals surface area contributed by atoms with E-state index in [4.69, 9.17) is 4.52 Å². The van der Waals surface area contributed by atoms with Crippen molar-refractivity contribution < 1.29 is 4.52 Å². The molecule has 0 atom stereocenters. The van der Waals surface area contributed by atoms with Gasteiger partial charge < -0.3 is 9.84 Å². The van der Waals surface area contributed by atoms with Crippen LogP contribution in [0.1, 0.15) is 5.89 Å². The predicted octanol–water partition coefficient (Wildman–Crippen LogP) is 2.11. The summed E-state index contributed by atoms with van der Waals surface area (Å²) in [5.41, 5.74) is 1.93. The molecular formula is C13H12N4OS. The number of pyridine rings is 1. The van der Waals surface area contributed by atoms with Gasteiger partial charge in [0.25, 0.3) is 0 Å². The minimum absolute atomic E-state index is 0.630. The van der Waals surface area contributed by atoms with Gasteiger partial charge in [-0.1, -0.05) is 5.16 Å². The quantitative estimate of drug-likeness (QED) is 0.791. The first-order chi connectivity index (χ1) is 9.38. The molecule has 1 N–H and O–H groups in total. The summed E-state index contributed by atoms with van der Waals surface area (Å²) in [6, 6.07) is 4.07. The van der Waals surface area contributed by atoms with Crippen molar-refractivity contribution in [1.82, 2.24) is 20.4 Å². The maximum absolute atomic E-state index is 5.31. The van der Waals surface area contributed by atoms with Crippen LogP contribution >= 0.6 is 11.3 Å². The number of thiophene rings is 1. The molecule has 1 saturated heterocycles. The fraction of sp³-hybridized carbons (Fsp3) is 0.308. The summed E-state index contributed by atoms with van der Waals surface area (Å²) in [7, 11) is 0. The summed E-state index contributed by atoms with van der Waals surface area (Å²) in [6.07, 6.45) is 2.66. The molecule has 0 saturated carbocycles. The lowest BCUT2D eigenvalue weighted by atomic mass is 10.00. The van der Waals surface area contributed by atoms with E-state index >= 15 is 0 Å². The van der Waals surface area contributed by atoms with Gasteiger partial charge in [0, 0.05) is 18.2 Å². The lowest BCUT2D eigenvalue weighted by Crippen LogP contribution is -2.43. The molecule has 0 spiro atoms. The number of hydrogen-bond donors (Lipinski definition) is 1. The van der Waals surface area contributed by atoms with Crippen LogP contribution < -0.4 is 5.32 Å². The minimum Gasteiger partial charge on any atom is -0.339 e. The minimum atomic E-state index is 0.630. The summed E-state index contributed by atoms with van der Waals surface area (Å²) in [4.78, 5) is 8.85. The van der Waals surface area contributed by atoms with Crippen molar-refractivity contribution in [3.63, 3.8) is 0 Å². The van der Waals surface area contributed by atoms with E-state index in [9.17, 15) is 0 Å². The zero-order chi connectivity index (χ0) is 12.7. The molecule has 0 amide bonds. The third-order valence-corrected chi connectivity index (χ3v) is 4.21. The lowest BCUT2D eigenvalue weighted by Gasteiger charge is -2.25. The highest BCUT2D eigenvalue weighted by Gasteiger charge is 2.20. The van der Waals surface area contributed by atoms with E-state index in [0.29, 0.717) is 17.6 Å². The van der Waals surface area contributed by atoms with Crippen LogP contribution in [0.3, 0.4) is 0 Å². The Bertz CT molecular complexity index is 716. The Morgan fingerprint density at radius 3 is 3.21 bits per heavy atom. The molecule has 0 radical (unpaired) electrons. The Hall–Kier alpha value is -1.79. The van der Waals surface area contributed by atoms with Crippen LogP contribution in [0.4, 0.5) is 0 Å². The second-order valence-corrected chi connectivity index (χ2v) is 5.72. The zero-order valence-corrected chi connectivity index (χ0v) is 11.0. The molecule has 0 aliphatic carbocycles. The molecule has 0 unspecified atom stereocenters. The second-order valence-electron chi connectivity index (χ2n) is 4.77. The van der Waals surface area contributed by atoms with Crippen LogP contribution in [-0.2, 0) is 6.42 Å². The van der Waals surface area contributed by atoms with Gasteiger partial charge >= 0.3 is 0 Å². The van der Waals surface area contributed by atoms with Gasteiger partial charge in [-0.15, -0.1) is 11.3 Å². The Labute approximate surface area is 113 Å². The number of nitrogens with zero attached hydrogens (tertiary/aromatic N) is 3. The van der Waals surface area contributed by atoms with E-state index in [2.05, 4.69) is 26.5 Å². The van der Waals surface area contributed by atoms with Crippen molar-refractivity contribution >= 4 is 21.6 Å². The van der Waals surface area contributed by atoms with Gasteiger partial charge in [0.1, 0.15) is 0 Å². The molecule has 3 aromatic rings. The Balaban J connectivity index is 1.63. The third kappa shape index (κ3) is 2.02. The molecule has 96 valence electrons. The normalized spacial score (nSPS) is 15.8.